The molecule has 3 rings (SSSR count). The second-order valence-electron chi connectivity index (χ2n) is 4.89. The summed E-state index contributed by atoms with van der Waals surface area (Å²) in [4.78, 5) is 0. The highest BCUT2D eigenvalue weighted by Gasteiger charge is 2.28. The summed E-state index contributed by atoms with van der Waals surface area (Å²) in [6.07, 6.45) is 0.586. The molecule has 0 aromatic heterocycles. The Labute approximate surface area is 122 Å². The predicted molar refractivity (Wildman–Crippen MR) is 77.6 cm³/mol. The summed E-state index contributed by atoms with van der Waals surface area (Å²) in [5.74, 6) is 0.436. The highest BCUT2D eigenvalue weighted by atomic mass is 35.5. The van der Waals surface area contributed by atoms with E-state index < -0.39 is 5.82 Å². The molecule has 1 N–H and O–H groups in total. The molecule has 0 saturated carbocycles. The smallest absolute Gasteiger partial charge is 0.142 e. The maximum atomic E-state index is 13.6. The summed E-state index contributed by atoms with van der Waals surface area (Å²) in [7, 11) is 1.92. The molecule has 104 valence electrons. The van der Waals surface area contributed by atoms with Gasteiger partial charge in [0.2, 0.25) is 0 Å². The Morgan fingerprint density at radius 1 is 1.25 bits per heavy atom. The fourth-order valence-electron chi connectivity index (χ4n) is 2.61. The van der Waals surface area contributed by atoms with Crippen LogP contribution in [0.25, 0.3) is 0 Å². The molecule has 0 bridgehead atoms. The number of halogens is 2. The zero-order valence-electron chi connectivity index (χ0n) is 11.1. The van der Waals surface area contributed by atoms with Crippen LogP contribution in [0.3, 0.4) is 0 Å². The zero-order chi connectivity index (χ0) is 14.1. The van der Waals surface area contributed by atoms with Crippen LogP contribution in [0.5, 0.6) is 5.75 Å². The number of hydrogen-bond donors (Lipinski definition) is 1. The summed E-state index contributed by atoms with van der Waals surface area (Å²) in [6, 6.07) is 13.0. The van der Waals surface area contributed by atoms with Gasteiger partial charge in [-0.15, -0.1) is 0 Å². The maximum Gasteiger partial charge on any atom is 0.142 e. The number of benzene rings is 2. The molecule has 1 heterocycles. The van der Waals surface area contributed by atoms with Gasteiger partial charge in [0.1, 0.15) is 17.7 Å². The van der Waals surface area contributed by atoms with Crippen LogP contribution in [0.2, 0.25) is 5.02 Å². The predicted octanol–water partition coefficient (Wildman–Crippen LogP) is 4.26. The lowest BCUT2D eigenvalue weighted by molar-refractivity contribution is 0.153. The minimum absolute atomic E-state index is 0.134. The SMILES string of the molecule is CNC1CC(c2ccc(Cl)c(F)c2)Oc2ccccc21. The van der Waals surface area contributed by atoms with Crippen LogP contribution in [0.1, 0.15) is 29.7 Å². The van der Waals surface area contributed by atoms with Gasteiger partial charge in [-0.2, -0.15) is 0 Å². The summed E-state index contributed by atoms with van der Waals surface area (Å²) < 4.78 is 19.6. The highest BCUT2D eigenvalue weighted by molar-refractivity contribution is 6.30. The molecule has 2 nitrogen and oxygen atoms in total. The molecular weight excluding hydrogens is 277 g/mol. The van der Waals surface area contributed by atoms with Crippen molar-refractivity contribution < 1.29 is 9.13 Å². The third-order valence-corrected chi connectivity index (χ3v) is 3.98. The lowest BCUT2D eigenvalue weighted by Gasteiger charge is -2.32. The molecule has 0 amide bonds. The van der Waals surface area contributed by atoms with Crippen LogP contribution in [0, 0.1) is 5.82 Å². The van der Waals surface area contributed by atoms with Crippen molar-refractivity contribution in [3.63, 3.8) is 0 Å². The minimum atomic E-state index is -0.410. The fourth-order valence-corrected chi connectivity index (χ4v) is 2.73. The molecule has 0 aliphatic carbocycles. The monoisotopic (exact) mass is 291 g/mol. The first-order valence-electron chi connectivity index (χ1n) is 6.57. The van der Waals surface area contributed by atoms with Crippen molar-refractivity contribution in [1.29, 1.82) is 0 Å². The Hall–Kier alpha value is -1.58. The van der Waals surface area contributed by atoms with Crippen molar-refractivity contribution in [2.24, 2.45) is 0 Å². The van der Waals surface area contributed by atoms with Crippen molar-refractivity contribution in [3.05, 3.63) is 64.4 Å². The third-order valence-electron chi connectivity index (χ3n) is 3.68. The molecule has 2 unspecified atom stereocenters. The van der Waals surface area contributed by atoms with E-state index in [-0.39, 0.29) is 17.2 Å². The van der Waals surface area contributed by atoms with Crippen LogP contribution in [-0.2, 0) is 0 Å². The van der Waals surface area contributed by atoms with Gasteiger partial charge < -0.3 is 10.1 Å². The van der Waals surface area contributed by atoms with Crippen molar-refractivity contribution >= 4 is 11.6 Å². The Morgan fingerprint density at radius 2 is 2.05 bits per heavy atom. The van der Waals surface area contributed by atoms with Crippen LogP contribution < -0.4 is 10.1 Å². The van der Waals surface area contributed by atoms with E-state index in [1.807, 2.05) is 31.3 Å². The molecule has 1 aliphatic rings. The fraction of sp³-hybridized carbons (Fsp3) is 0.250. The summed E-state index contributed by atoms with van der Waals surface area (Å²) in [5.41, 5.74) is 1.95. The van der Waals surface area contributed by atoms with Gasteiger partial charge in [0.05, 0.1) is 5.02 Å². The van der Waals surface area contributed by atoms with E-state index in [2.05, 4.69) is 11.4 Å². The molecule has 4 heteroatoms. The van der Waals surface area contributed by atoms with E-state index in [4.69, 9.17) is 16.3 Å². The van der Waals surface area contributed by atoms with E-state index in [0.717, 1.165) is 23.3 Å². The highest BCUT2D eigenvalue weighted by Crippen LogP contribution is 2.40. The number of hydrogen-bond acceptors (Lipinski definition) is 2. The molecule has 0 saturated heterocycles. The average molecular weight is 292 g/mol. The van der Waals surface area contributed by atoms with Crippen molar-refractivity contribution in [3.8, 4) is 5.75 Å². The molecule has 0 spiro atoms. The number of para-hydroxylation sites is 1. The van der Waals surface area contributed by atoms with E-state index in [1.54, 1.807) is 6.07 Å². The normalized spacial score (nSPS) is 21.1. The maximum absolute atomic E-state index is 13.6. The summed E-state index contributed by atoms with van der Waals surface area (Å²) in [5, 5.41) is 3.42. The van der Waals surface area contributed by atoms with Gasteiger partial charge in [-0.1, -0.05) is 35.9 Å². The second kappa shape index (κ2) is 5.43. The number of rotatable bonds is 2. The lowest BCUT2D eigenvalue weighted by Crippen LogP contribution is -2.26. The van der Waals surface area contributed by atoms with Crippen LogP contribution >= 0.6 is 11.6 Å². The van der Waals surface area contributed by atoms with Gasteiger partial charge in [-0.3, -0.25) is 0 Å². The average Bonchev–Trinajstić information content (AvgIpc) is 2.49. The summed E-state index contributed by atoms with van der Waals surface area (Å²) >= 11 is 5.73. The zero-order valence-corrected chi connectivity index (χ0v) is 11.8. The molecule has 0 fully saturated rings. The minimum Gasteiger partial charge on any atom is -0.485 e. The molecular formula is C16H15ClFNO. The van der Waals surface area contributed by atoms with Gasteiger partial charge >= 0.3 is 0 Å². The molecule has 20 heavy (non-hydrogen) atoms. The standard InChI is InChI=1S/C16H15ClFNO/c1-19-14-9-16(10-6-7-12(17)13(18)8-10)20-15-5-3-2-4-11(14)15/h2-8,14,16,19H,9H2,1H3. The molecule has 1 aliphatic heterocycles. The largest absolute Gasteiger partial charge is 0.485 e. The first kappa shape index (κ1) is 13.4. The first-order chi connectivity index (χ1) is 9.69. The van der Waals surface area contributed by atoms with Crippen LogP contribution in [-0.4, -0.2) is 7.05 Å². The molecule has 2 aromatic rings. The Morgan fingerprint density at radius 3 is 2.80 bits per heavy atom. The van der Waals surface area contributed by atoms with Crippen molar-refractivity contribution in [2.75, 3.05) is 7.05 Å². The van der Waals surface area contributed by atoms with E-state index >= 15 is 0 Å². The van der Waals surface area contributed by atoms with Gasteiger partial charge in [-0.25, -0.2) is 4.39 Å². The van der Waals surface area contributed by atoms with E-state index in [0.29, 0.717) is 0 Å². The topological polar surface area (TPSA) is 21.3 Å². The number of nitrogens with one attached hydrogen (secondary N) is 1. The third kappa shape index (κ3) is 2.39. The van der Waals surface area contributed by atoms with Gasteiger partial charge in [-0.05, 0) is 30.8 Å². The van der Waals surface area contributed by atoms with E-state index in [1.165, 1.54) is 6.07 Å². The Kier molecular flexibility index (Phi) is 3.64. The molecule has 2 atom stereocenters. The van der Waals surface area contributed by atoms with Gasteiger partial charge in [0.15, 0.2) is 0 Å². The number of ether oxygens (including phenoxy) is 1. The summed E-state index contributed by atoms with van der Waals surface area (Å²) in [6.45, 7) is 0. The Bertz CT molecular complexity index is 632. The van der Waals surface area contributed by atoms with Crippen LogP contribution in [0.15, 0.2) is 42.5 Å². The number of fused-ring (bicyclic) bond motifs is 1. The van der Waals surface area contributed by atoms with Crippen molar-refractivity contribution in [2.45, 2.75) is 18.6 Å². The van der Waals surface area contributed by atoms with Crippen molar-refractivity contribution in [1.82, 2.24) is 5.32 Å². The molecule has 0 radical (unpaired) electrons. The Balaban J connectivity index is 1.95. The van der Waals surface area contributed by atoms with Crippen LogP contribution in [0.4, 0.5) is 4.39 Å². The molecule has 2 aromatic carbocycles. The first-order valence-corrected chi connectivity index (χ1v) is 6.94. The van der Waals surface area contributed by atoms with E-state index in [9.17, 15) is 4.39 Å². The van der Waals surface area contributed by atoms with Gasteiger partial charge in [0, 0.05) is 18.0 Å². The lowest BCUT2D eigenvalue weighted by atomic mass is 9.93. The quantitative estimate of drug-likeness (QED) is 0.892. The second-order valence-corrected chi connectivity index (χ2v) is 5.30. The van der Waals surface area contributed by atoms with Gasteiger partial charge in [0.25, 0.3) is 0 Å².